The van der Waals surface area contributed by atoms with Crippen LogP contribution in [0.15, 0.2) is 57.4 Å². The van der Waals surface area contributed by atoms with E-state index in [-0.39, 0.29) is 16.9 Å². The second-order valence-electron chi connectivity index (χ2n) is 12.5. The zero-order valence-electron chi connectivity index (χ0n) is 26.6. The van der Waals surface area contributed by atoms with E-state index in [1.807, 2.05) is 33.1 Å². The molecule has 0 unspecified atom stereocenters. The summed E-state index contributed by atoms with van der Waals surface area (Å²) in [5.41, 5.74) is 6.86. The number of allylic oxidation sites excluding steroid dienone is 4. The molecule has 5 rings (SSSR count). The van der Waals surface area contributed by atoms with Gasteiger partial charge in [-0.05, 0) is 99.0 Å². The number of nitrogens with one attached hydrogen (secondary N) is 2. The van der Waals surface area contributed by atoms with Crippen LogP contribution in [0.1, 0.15) is 82.8 Å². The van der Waals surface area contributed by atoms with Gasteiger partial charge in [-0.25, -0.2) is 9.59 Å². The van der Waals surface area contributed by atoms with E-state index in [0.29, 0.717) is 31.5 Å². The van der Waals surface area contributed by atoms with Crippen molar-refractivity contribution in [3.63, 3.8) is 0 Å². The third-order valence-electron chi connectivity index (χ3n) is 10.4. The number of carbonyl (C=O) groups excluding carboxylic acids is 2. The maximum Gasteiger partial charge on any atom is 0.433 e. The maximum absolute atomic E-state index is 11.8. The second kappa shape index (κ2) is 13.6. The minimum Gasteiger partial charge on any atom is -0.382 e. The fraction of sp³-hybridized carbons (Fsp3) is 0.588. The van der Waals surface area contributed by atoms with Crippen molar-refractivity contribution in [1.29, 1.82) is 0 Å². The number of hydrogen-bond donors (Lipinski definition) is 2. The van der Waals surface area contributed by atoms with Crippen LogP contribution in [0.2, 0.25) is 0 Å². The van der Waals surface area contributed by atoms with Crippen LogP contribution in [0.25, 0.3) is 0 Å². The summed E-state index contributed by atoms with van der Waals surface area (Å²) in [5.74, 6) is 1.18. The number of rotatable bonds is 9. The molecule has 0 aliphatic heterocycles. The normalized spacial score (nSPS) is 30.3. The summed E-state index contributed by atoms with van der Waals surface area (Å²) in [4.78, 5) is 33.4. The molecule has 2 N–H and O–H groups in total. The van der Waals surface area contributed by atoms with Crippen molar-refractivity contribution in [2.45, 2.75) is 77.2 Å². The number of carbonyl (C=O) groups is 2. The van der Waals surface area contributed by atoms with Crippen LogP contribution in [-0.4, -0.2) is 63.6 Å². The average Bonchev–Trinajstić information content (AvgIpc) is 3.32. The van der Waals surface area contributed by atoms with Crippen LogP contribution < -0.4 is 10.6 Å². The van der Waals surface area contributed by atoms with E-state index in [0.717, 1.165) is 56.2 Å². The number of nitrogens with zero attached hydrogens (tertiary/aromatic N) is 2. The quantitative estimate of drug-likeness (QED) is 0.195. The monoisotopic (exact) mass is 606 g/mol. The van der Waals surface area contributed by atoms with Crippen LogP contribution in [0, 0.1) is 17.3 Å². The number of amides is 2. The van der Waals surface area contributed by atoms with Gasteiger partial charge in [-0.1, -0.05) is 47.1 Å². The minimum atomic E-state index is -0.572. The molecule has 1 aromatic rings. The van der Waals surface area contributed by atoms with Crippen molar-refractivity contribution >= 4 is 24.1 Å². The standard InChI is InChI=1S/C34H46N4O6/c1-6-35-31(39)43-37-20-22-8-10-23(11-9-22)28-19-33(3)29(16-17-34(33,42-5)21-41-4)27-14-12-24-18-25(13-15-26(24)30(27)28)38-44-32(40)36-7-2/h8-11,18,20,27-29H,6-7,12-17,19,21H2,1-5H3,(H,35,39)(H,36,40)/b37-20+,38-25-/t27-,28+,29-,33-,34+/m0/s1. The number of oxime groups is 2. The summed E-state index contributed by atoms with van der Waals surface area (Å²) < 4.78 is 12.2. The first-order valence-electron chi connectivity index (χ1n) is 15.9. The van der Waals surface area contributed by atoms with Gasteiger partial charge < -0.3 is 20.1 Å². The average molecular weight is 607 g/mol. The number of benzene rings is 1. The molecule has 0 bridgehead atoms. The van der Waals surface area contributed by atoms with Gasteiger partial charge in [-0.15, -0.1) is 0 Å². The number of methoxy groups -OCH3 is 2. The van der Waals surface area contributed by atoms with Gasteiger partial charge in [0, 0.05) is 38.6 Å². The molecule has 5 atom stereocenters. The van der Waals surface area contributed by atoms with Crippen molar-refractivity contribution in [1.82, 2.24) is 10.6 Å². The van der Waals surface area contributed by atoms with Gasteiger partial charge >= 0.3 is 12.2 Å². The highest BCUT2D eigenvalue weighted by atomic mass is 16.7. The Bertz CT molecular complexity index is 1350. The van der Waals surface area contributed by atoms with Gasteiger partial charge in [0.05, 0.1) is 24.1 Å². The largest absolute Gasteiger partial charge is 0.433 e. The van der Waals surface area contributed by atoms with Crippen molar-refractivity contribution < 1.29 is 28.7 Å². The topological polar surface area (TPSA) is 120 Å². The highest BCUT2D eigenvalue weighted by Crippen LogP contribution is 2.67. The molecule has 10 nitrogen and oxygen atoms in total. The van der Waals surface area contributed by atoms with E-state index in [1.165, 1.54) is 16.7 Å². The van der Waals surface area contributed by atoms with E-state index in [9.17, 15) is 9.59 Å². The van der Waals surface area contributed by atoms with E-state index in [2.05, 4.69) is 46.1 Å². The lowest BCUT2D eigenvalue weighted by molar-refractivity contribution is -0.149. The first kappa shape index (κ1) is 31.9. The summed E-state index contributed by atoms with van der Waals surface area (Å²) in [6.45, 7) is 7.66. The lowest BCUT2D eigenvalue weighted by Crippen LogP contribution is -2.54. The van der Waals surface area contributed by atoms with Crippen molar-refractivity contribution in [2.24, 2.45) is 27.6 Å². The zero-order valence-corrected chi connectivity index (χ0v) is 26.6. The summed E-state index contributed by atoms with van der Waals surface area (Å²) >= 11 is 0. The van der Waals surface area contributed by atoms with Crippen LogP contribution in [0.3, 0.4) is 0 Å². The first-order valence-corrected chi connectivity index (χ1v) is 15.9. The number of fused-ring (bicyclic) bond motifs is 4. The molecule has 2 saturated carbocycles. The van der Waals surface area contributed by atoms with Gasteiger partial charge in [-0.3, -0.25) is 9.68 Å². The Labute approximate surface area is 260 Å². The van der Waals surface area contributed by atoms with Gasteiger partial charge in [0.25, 0.3) is 0 Å². The molecule has 238 valence electrons. The van der Waals surface area contributed by atoms with Crippen molar-refractivity contribution in [3.8, 4) is 0 Å². The third-order valence-corrected chi connectivity index (χ3v) is 10.4. The molecule has 0 spiro atoms. The summed E-state index contributed by atoms with van der Waals surface area (Å²) in [6, 6.07) is 8.43. The molecule has 0 heterocycles. The molecule has 1 aromatic carbocycles. The number of hydrogen-bond acceptors (Lipinski definition) is 8. The molecule has 0 saturated heterocycles. The molecule has 0 aromatic heterocycles. The maximum atomic E-state index is 11.8. The molecule has 0 radical (unpaired) electrons. The van der Waals surface area contributed by atoms with Crippen molar-refractivity contribution in [2.75, 3.05) is 33.9 Å². The predicted molar refractivity (Wildman–Crippen MR) is 169 cm³/mol. The molecular weight excluding hydrogens is 560 g/mol. The van der Waals surface area contributed by atoms with E-state index >= 15 is 0 Å². The van der Waals surface area contributed by atoms with Crippen molar-refractivity contribution in [3.05, 3.63) is 58.2 Å². The Kier molecular flexibility index (Phi) is 9.90. The molecule has 4 aliphatic carbocycles. The van der Waals surface area contributed by atoms with Crippen LogP contribution >= 0.6 is 0 Å². The summed E-state index contributed by atoms with van der Waals surface area (Å²) in [5, 5.41) is 13.2. The Morgan fingerprint density at radius 3 is 2.41 bits per heavy atom. The van der Waals surface area contributed by atoms with Crippen LogP contribution in [0.5, 0.6) is 0 Å². The summed E-state index contributed by atoms with van der Waals surface area (Å²) in [7, 11) is 3.62. The molecule has 4 aliphatic rings. The highest BCUT2D eigenvalue weighted by molar-refractivity contribution is 5.97. The van der Waals surface area contributed by atoms with Gasteiger partial charge in [0.2, 0.25) is 0 Å². The van der Waals surface area contributed by atoms with Gasteiger partial charge in [0.1, 0.15) is 0 Å². The lowest BCUT2D eigenvalue weighted by Gasteiger charge is -2.55. The highest BCUT2D eigenvalue weighted by Gasteiger charge is 2.63. The third kappa shape index (κ3) is 6.06. The molecule has 44 heavy (non-hydrogen) atoms. The lowest BCUT2D eigenvalue weighted by atomic mass is 9.51. The smallest absolute Gasteiger partial charge is 0.382 e. The Balaban J connectivity index is 1.51. The van der Waals surface area contributed by atoms with Crippen LogP contribution in [-0.2, 0) is 19.1 Å². The van der Waals surface area contributed by atoms with Gasteiger partial charge in [0.15, 0.2) is 0 Å². The molecule has 10 heteroatoms. The molecule has 2 amide bonds. The predicted octanol–water partition coefficient (Wildman–Crippen LogP) is 6.23. The Hall–Kier alpha value is -3.50. The van der Waals surface area contributed by atoms with E-state index in [4.69, 9.17) is 19.1 Å². The fourth-order valence-corrected chi connectivity index (χ4v) is 8.39. The zero-order chi connectivity index (χ0) is 31.3. The Morgan fingerprint density at radius 1 is 1.00 bits per heavy atom. The second-order valence-corrected chi connectivity index (χ2v) is 12.5. The van der Waals surface area contributed by atoms with Crippen LogP contribution in [0.4, 0.5) is 9.59 Å². The Morgan fingerprint density at radius 2 is 1.73 bits per heavy atom. The molecular formula is C34H46N4O6. The summed E-state index contributed by atoms with van der Waals surface area (Å²) in [6.07, 6.45) is 9.33. The number of ether oxygens (including phenoxy) is 2. The van der Waals surface area contributed by atoms with Gasteiger partial charge in [-0.2, -0.15) is 0 Å². The SMILES string of the molecule is CCNC(=O)O/N=C1\C=C2CC[C@@H]3C(=C2CC1)[C@@H](c1ccc(/C=N/OC(=O)NCC)cc1)C[C@@]1(C)[C@H]3CC[C@]1(COC)OC. The minimum absolute atomic E-state index is 0.0548. The van der Waals surface area contributed by atoms with E-state index in [1.54, 1.807) is 18.9 Å². The van der Waals surface area contributed by atoms with E-state index < -0.39 is 12.2 Å². The molecule has 2 fully saturated rings. The first-order chi connectivity index (χ1) is 21.3. The fourth-order valence-electron chi connectivity index (χ4n) is 8.39.